The minimum Gasteiger partial charge on any atom is -0.494 e. The first-order valence-electron chi connectivity index (χ1n) is 7.00. The van der Waals surface area contributed by atoms with Gasteiger partial charge in [-0.15, -0.1) is 0 Å². The summed E-state index contributed by atoms with van der Waals surface area (Å²) >= 11 is 5.67. The van der Waals surface area contributed by atoms with E-state index in [0.717, 1.165) is 16.9 Å². The maximum absolute atomic E-state index is 13.4. The quantitative estimate of drug-likeness (QED) is 0.833. The summed E-state index contributed by atoms with van der Waals surface area (Å²) in [6.45, 7) is 5.28. The second kappa shape index (κ2) is 7.43. The van der Waals surface area contributed by atoms with Gasteiger partial charge in [0.25, 0.3) is 0 Å². The third kappa shape index (κ3) is 4.45. The van der Waals surface area contributed by atoms with Gasteiger partial charge in [-0.1, -0.05) is 29.8 Å². The van der Waals surface area contributed by atoms with Crippen LogP contribution >= 0.6 is 11.6 Å². The van der Waals surface area contributed by atoms with E-state index in [4.69, 9.17) is 16.3 Å². The van der Waals surface area contributed by atoms with Crippen LogP contribution in [0.25, 0.3) is 0 Å². The molecular formula is C17H19ClFNO. The van der Waals surface area contributed by atoms with Gasteiger partial charge in [0.2, 0.25) is 0 Å². The molecule has 0 spiro atoms. The van der Waals surface area contributed by atoms with Gasteiger partial charge in [0.1, 0.15) is 11.6 Å². The van der Waals surface area contributed by atoms with Crippen molar-refractivity contribution in [1.29, 1.82) is 0 Å². The van der Waals surface area contributed by atoms with Crippen LogP contribution in [0.1, 0.15) is 31.0 Å². The Labute approximate surface area is 129 Å². The Bertz CT molecular complexity index is 586. The highest BCUT2D eigenvalue weighted by Crippen LogP contribution is 2.19. The van der Waals surface area contributed by atoms with Gasteiger partial charge >= 0.3 is 0 Å². The highest BCUT2D eigenvalue weighted by molar-refractivity contribution is 6.30. The fourth-order valence-corrected chi connectivity index (χ4v) is 2.18. The van der Waals surface area contributed by atoms with Crippen molar-refractivity contribution in [1.82, 2.24) is 5.32 Å². The lowest BCUT2D eigenvalue weighted by molar-refractivity contribution is 0.340. The zero-order valence-corrected chi connectivity index (χ0v) is 13.0. The maximum Gasteiger partial charge on any atom is 0.142 e. The summed E-state index contributed by atoms with van der Waals surface area (Å²) in [6, 6.07) is 13.0. The molecule has 0 heterocycles. The van der Waals surface area contributed by atoms with Crippen molar-refractivity contribution in [3.63, 3.8) is 0 Å². The zero-order chi connectivity index (χ0) is 15.2. The highest BCUT2D eigenvalue weighted by Gasteiger charge is 2.06. The number of ether oxygens (including phenoxy) is 1. The molecule has 0 aromatic heterocycles. The first kappa shape index (κ1) is 15.8. The lowest BCUT2D eigenvalue weighted by atomic mass is 10.1. The van der Waals surface area contributed by atoms with Gasteiger partial charge in [0.05, 0.1) is 11.6 Å². The van der Waals surface area contributed by atoms with Gasteiger partial charge in [-0.3, -0.25) is 0 Å². The minimum absolute atomic E-state index is 0.151. The second-order valence-electron chi connectivity index (χ2n) is 4.85. The molecule has 0 bridgehead atoms. The van der Waals surface area contributed by atoms with Crippen LogP contribution in [0.3, 0.4) is 0 Å². The van der Waals surface area contributed by atoms with Gasteiger partial charge in [0.15, 0.2) is 0 Å². The molecule has 1 unspecified atom stereocenters. The molecule has 0 aliphatic rings. The molecule has 0 saturated carbocycles. The summed E-state index contributed by atoms with van der Waals surface area (Å²) in [7, 11) is 0. The Morgan fingerprint density at radius 2 is 1.90 bits per heavy atom. The molecule has 0 aliphatic heterocycles. The summed E-state index contributed by atoms with van der Waals surface area (Å²) < 4.78 is 18.8. The molecule has 0 fully saturated rings. The van der Waals surface area contributed by atoms with Crippen molar-refractivity contribution in [2.45, 2.75) is 26.4 Å². The molecule has 112 valence electrons. The third-order valence-corrected chi connectivity index (χ3v) is 3.59. The molecule has 0 radical (unpaired) electrons. The topological polar surface area (TPSA) is 21.3 Å². The van der Waals surface area contributed by atoms with Crippen molar-refractivity contribution in [3.05, 3.63) is 64.4 Å². The van der Waals surface area contributed by atoms with E-state index in [1.165, 1.54) is 6.07 Å². The van der Waals surface area contributed by atoms with Crippen LogP contribution in [0.2, 0.25) is 5.02 Å². The van der Waals surface area contributed by atoms with E-state index >= 15 is 0 Å². The summed E-state index contributed by atoms with van der Waals surface area (Å²) in [5.74, 6) is 0.484. The van der Waals surface area contributed by atoms with E-state index < -0.39 is 0 Å². The Hall–Kier alpha value is -1.58. The smallest absolute Gasteiger partial charge is 0.142 e. The lowest BCUT2D eigenvalue weighted by Gasteiger charge is -2.15. The van der Waals surface area contributed by atoms with Crippen LogP contribution in [0.4, 0.5) is 4.39 Å². The minimum atomic E-state index is -0.385. The number of rotatable bonds is 6. The van der Waals surface area contributed by atoms with Gasteiger partial charge in [-0.05, 0) is 49.2 Å². The van der Waals surface area contributed by atoms with Crippen LogP contribution in [0, 0.1) is 5.82 Å². The predicted octanol–water partition coefficient (Wildman–Crippen LogP) is 4.73. The molecule has 4 heteroatoms. The van der Waals surface area contributed by atoms with Gasteiger partial charge in [-0.2, -0.15) is 0 Å². The summed E-state index contributed by atoms with van der Waals surface area (Å²) in [5, 5.41) is 3.51. The first-order valence-corrected chi connectivity index (χ1v) is 7.38. The molecule has 0 aliphatic carbocycles. The zero-order valence-electron chi connectivity index (χ0n) is 12.2. The van der Waals surface area contributed by atoms with E-state index in [-0.39, 0.29) is 16.9 Å². The Morgan fingerprint density at radius 1 is 1.19 bits per heavy atom. The van der Waals surface area contributed by atoms with E-state index in [2.05, 4.69) is 12.2 Å². The average Bonchev–Trinajstić information content (AvgIpc) is 2.49. The Balaban J connectivity index is 1.94. The van der Waals surface area contributed by atoms with Gasteiger partial charge in [-0.25, -0.2) is 4.39 Å². The van der Waals surface area contributed by atoms with Crippen molar-refractivity contribution < 1.29 is 9.13 Å². The fourth-order valence-electron chi connectivity index (χ4n) is 2.06. The summed E-state index contributed by atoms with van der Waals surface area (Å²) in [5.41, 5.74) is 2.03. The highest BCUT2D eigenvalue weighted by atomic mass is 35.5. The number of halogens is 2. The predicted molar refractivity (Wildman–Crippen MR) is 84.3 cm³/mol. The van der Waals surface area contributed by atoms with Crippen LogP contribution in [0.5, 0.6) is 5.75 Å². The first-order chi connectivity index (χ1) is 10.1. The van der Waals surface area contributed by atoms with Crippen LogP contribution in [0.15, 0.2) is 42.5 Å². The number of benzene rings is 2. The van der Waals surface area contributed by atoms with E-state index in [1.54, 1.807) is 6.07 Å². The molecule has 2 nitrogen and oxygen atoms in total. The average molecular weight is 308 g/mol. The SMILES string of the molecule is CCOc1ccc(C(C)NCc2ccc(Cl)c(F)c2)cc1. The third-order valence-electron chi connectivity index (χ3n) is 3.29. The van der Waals surface area contributed by atoms with Crippen LogP contribution < -0.4 is 10.1 Å². The van der Waals surface area contributed by atoms with Crippen LogP contribution in [-0.2, 0) is 6.54 Å². The molecule has 1 N–H and O–H groups in total. The maximum atomic E-state index is 13.4. The Morgan fingerprint density at radius 3 is 2.52 bits per heavy atom. The molecule has 0 amide bonds. The molecule has 2 aromatic rings. The van der Waals surface area contributed by atoms with Gasteiger partial charge < -0.3 is 10.1 Å². The fraction of sp³-hybridized carbons (Fsp3) is 0.294. The molecule has 21 heavy (non-hydrogen) atoms. The van der Waals surface area contributed by atoms with Crippen LogP contribution in [-0.4, -0.2) is 6.61 Å². The van der Waals surface area contributed by atoms with Crippen molar-refractivity contribution >= 4 is 11.6 Å². The number of hydrogen-bond acceptors (Lipinski definition) is 2. The van der Waals surface area contributed by atoms with E-state index in [0.29, 0.717) is 13.2 Å². The molecule has 2 aromatic carbocycles. The van der Waals surface area contributed by atoms with E-state index in [1.807, 2.05) is 37.3 Å². The standard InChI is InChI=1S/C17H19ClFNO/c1-3-21-15-7-5-14(6-8-15)12(2)20-11-13-4-9-16(18)17(19)10-13/h4-10,12,20H,3,11H2,1-2H3. The normalized spacial score (nSPS) is 12.2. The van der Waals surface area contributed by atoms with Crippen molar-refractivity contribution in [2.75, 3.05) is 6.61 Å². The summed E-state index contributed by atoms with van der Waals surface area (Å²) in [6.07, 6.45) is 0. The molecule has 1 atom stereocenters. The number of hydrogen-bond donors (Lipinski definition) is 1. The van der Waals surface area contributed by atoms with Crippen molar-refractivity contribution in [3.8, 4) is 5.75 Å². The number of nitrogens with one attached hydrogen (secondary N) is 1. The molecule has 0 saturated heterocycles. The molecular weight excluding hydrogens is 289 g/mol. The van der Waals surface area contributed by atoms with E-state index in [9.17, 15) is 4.39 Å². The van der Waals surface area contributed by atoms with Gasteiger partial charge in [0, 0.05) is 12.6 Å². The monoisotopic (exact) mass is 307 g/mol. The molecule has 2 rings (SSSR count). The summed E-state index contributed by atoms with van der Waals surface area (Å²) in [4.78, 5) is 0. The largest absolute Gasteiger partial charge is 0.494 e. The lowest BCUT2D eigenvalue weighted by Crippen LogP contribution is -2.18. The second-order valence-corrected chi connectivity index (χ2v) is 5.26. The van der Waals surface area contributed by atoms with Crippen molar-refractivity contribution in [2.24, 2.45) is 0 Å². The Kier molecular flexibility index (Phi) is 5.59.